The van der Waals surface area contributed by atoms with E-state index in [4.69, 9.17) is 4.74 Å². The number of carbonyl (C=O) groups excluding carboxylic acids is 1. The van der Waals surface area contributed by atoms with E-state index in [0.29, 0.717) is 17.8 Å². The van der Waals surface area contributed by atoms with E-state index >= 15 is 0 Å². The van der Waals surface area contributed by atoms with Crippen LogP contribution in [0.1, 0.15) is 33.7 Å². The number of hydrogen-bond acceptors (Lipinski definition) is 6. The van der Waals surface area contributed by atoms with Gasteiger partial charge in [0.25, 0.3) is 0 Å². The summed E-state index contributed by atoms with van der Waals surface area (Å²) in [5.74, 6) is -0.460. The Bertz CT molecular complexity index is 469. The molecule has 0 bridgehead atoms. The van der Waals surface area contributed by atoms with E-state index in [1.807, 2.05) is 0 Å². The number of carbonyl (C=O) groups is 1. The molecule has 0 saturated heterocycles. The minimum Gasteiger partial charge on any atom is -0.461 e. The second-order valence-electron chi connectivity index (χ2n) is 3.58. The van der Waals surface area contributed by atoms with Crippen molar-refractivity contribution < 1.29 is 19.6 Å². The highest BCUT2D eigenvalue weighted by Crippen LogP contribution is 2.31. The van der Waals surface area contributed by atoms with Crippen LogP contribution in [0.15, 0.2) is 6.08 Å². The number of esters is 1. The van der Waals surface area contributed by atoms with Crippen LogP contribution in [0.5, 0.6) is 0 Å². The van der Waals surface area contributed by atoms with E-state index < -0.39 is 13.1 Å². The number of thiazole rings is 1. The van der Waals surface area contributed by atoms with E-state index in [2.05, 4.69) is 4.98 Å². The summed E-state index contributed by atoms with van der Waals surface area (Å²) in [6.45, 7) is 2.03. The summed E-state index contributed by atoms with van der Waals surface area (Å²) in [6, 6.07) is 0. The van der Waals surface area contributed by atoms with E-state index in [9.17, 15) is 14.8 Å². The number of aromatic nitrogens is 1. The zero-order valence-corrected chi connectivity index (χ0v) is 10.2. The number of ether oxygens (including phenoxy) is 1. The summed E-state index contributed by atoms with van der Waals surface area (Å²) in [6.07, 6.45) is 3.23. The first kappa shape index (κ1) is 12.3. The summed E-state index contributed by atoms with van der Waals surface area (Å²) in [7, 11) is -1.55. The van der Waals surface area contributed by atoms with Gasteiger partial charge in [0.1, 0.15) is 0 Å². The molecule has 2 rings (SSSR count). The minimum atomic E-state index is -1.55. The van der Waals surface area contributed by atoms with Gasteiger partial charge in [-0.3, -0.25) is 0 Å². The SMILES string of the molecule is CCOC(=O)c1nc2c(s1)CCC=C2B(O)O. The molecule has 0 aromatic carbocycles. The molecule has 0 saturated carbocycles. The van der Waals surface area contributed by atoms with Gasteiger partial charge in [0.15, 0.2) is 0 Å². The molecule has 2 N–H and O–H groups in total. The van der Waals surface area contributed by atoms with E-state index in [0.717, 1.165) is 17.7 Å². The van der Waals surface area contributed by atoms with Gasteiger partial charge in [0.2, 0.25) is 5.01 Å². The number of allylic oxidation sites excluding steroid dienone is 1. The number of nitrogens with zero attached hydrogens (tertiary/aromatic N) is 1. The van der Waals surface area contributed by atoms with Crippen molar-refractivity contribution in [3.8, 4) is 0 Å². The van der Waals surface area contributed by atoms with Gasteiger partial charge in [-0.2, -0.15) is 0 Å². The van der Waals surface area contributed by atoms with Crippen molar-refractivity contribution in [2.24, 2.45) is 0 Å². The Balaban J connectivity index is 2.32. The monoisotopic (exact) mass is 253 g/mol. The Hall–Kier alpha value is -1.18. The maximum Gasteiger partial charge on any atom is 0.490 e. The molecule has 0 atom stereocenters. The molecule has 1 aliphatic carbocycles. The van der Waals surface area contributed by atoms with Gasteiger partial charge in [-0.25, -0.2) is 9.78 Å². The van der Waals surface area contributed by atoms with E-state index in [1.165, 1.54) is 11.3 Å². The largest absolute Gasteiger partial charge is 0.490 e. The van der Waals surface area contributed by atoms with Gasteiger partial charge in [0, 0.05) is 10.3 Å². The lowest BCUT2D eigenvalue weighted by molar-refractivity contribution is 0.0526. The predicted molar refractivity (Wildman–Crippen MR) is 64.6 cm³/mol. The molecule has 7 heteroatoms. The first-order chi connectivity index (χ1) is 8.13. The smallest absolute Gasteiger partial charge is 0.461 e. The first-order valence-electron chi connectivity index (χ1n) is 5.37. The molecule has 0 spiro atoms. The molecule has 0 radical (unpaired) electrons. The summed E-state index contributed by atoms with van der Waals surface area (Å²) in [5, 5.41) is 18.7. The highest BCUT2D eigenvalue weighted by molar-refractivity contribution is 7.13. The fourth-order valence-electron chi connectivity index (χ4n) is 1.71. The molecule has 90 valence electrons. The molecule has 1 aliphatic rings. The van der Waals surface area contributed by atoms with Crippen LogP contribution in [-0.2, 0) is 11.2 Å². The standard InChI is InChI=1S/C10H12BNO4S/c1-2-16-10(13)9-12-8-6(11(14)15)4-3-5-7(8)17-9/h4,14-15H,2-3,5H2,1H3. The van der Waals surface area contributed by atoms with Crippen LogP contribution in [-0.4, -0.2) is 34.7 Å². The van der Waals surface area contributed by atoms with Crippen molar-refractivity contribution in [1.29, 1.82) is 0 Å². The van der Waals surface area contributed by atoms with E-state index in [1.54, 1.807) is 13.0 Å². The molecule has 1 aromatic rings. The minimum absolute atomic E-state index is 0.269. The van der Waals surface area contributed by atoms with Crippen molar-refractivity contribution >= 4 is 29.9 Å². The third kappa shape index (κ3) is 2.41. The van der Waals surface area contributed by atoms with Gasteiger partial charge in [-0.1, -0.05) is 6.08 Å². The summed E-state index contributed by atoms with van der Waals surface area (Å²) in [4.78, 5) is 16.5. The van der Waals surface area contributed by atoms with Gasteiger partial charge >= 0.3 is 13.1 Å². The van der Waals surface area contributed by atoms with Crippen molar-refractivity contribution in [3.05, 3.63) is 21.7 Å². The maximum atomic E-state index is 11.5. The lowest BCUT2D eigenvalue weighted by atomic mass is 9.74. The quantitative estimate of drug-likeness (QED) is 0.611. The van der Waals surface area contributed by atoms with Crippen LogP contribution in [0, 0.1) is 0 Å². The Kier molecular flexibility index (Phi) is 3.61. The fraction of sp³-hybridized carbons (Fsp3) is 0.400. The third-order valence-electron chi connectivity index (χ3n) is 2.43. The lowest BCUT2D eigenvalue weighted by Crippen LogP contribution is -2.17. The molecule has 0 aliphatic heterocycles. The normalized spacial score (nSPS) is 13.9. The zero-order valence-electron chi connectivity index (χ0n) is 9.34. The lowest BCUT2D eigenvalue weighted by Gasteiger charge is -2.10. The fourth-order valence-corrected chi connectivity index (χ4v) is 2.70. The summed E-state index contributed by atoms with van der Waals surface area (Å²) < 4.78 is 4.87. The molecule has 0 unspecified atom stereocenters. The molecule has 5 nitrogen and oxygen atoms in total. The molecular weight excluding hydrogens is 241 g/mol. The third-order valence-corrected chi connectivity index (χ3v) is 3.53. The van der Waals surface area contributed by atoms with Crippen molar-refractivity contribution in [1.82, 2.24) is 4.98 Å². The highest BCUT2D eigenvalue weighted by atomic mass is 32.1. The van der Waals surface area contributed by atoms with Crippen molar-refractivity contribution in [2.45, 2.75) is 19.8 Å². The van der Waals surface area contributed by atoms with Crippen LogP contribution in [0.25, 0.3) is 5.47 Å². The Morgan fingerprint density at radius 1 is 1.65 bits per heavy atom. The topological polar surface area (TPSA) is 79.7 Å². The van der Waals surface area contributed by atoms with Crippen LogP contribution >= 0.6 is 11.3 Å². The molecule has 17 heavy (non-hydrogen) atoms. The average Bonchev–Trinajstić information content (AvgIpc) is 2.72. The number of aryl methyl sites for hydroxylation is 1. The molecule has 1 heterocycles. The number of rotatable bonds is 3. The molecule has 0 fully saturated rings. The Labute approximate surface area is 103 Å². The Morgan fingerprint density at radius 3 is 3.06 bits per heavy atom. The average molecular weight is 253 g/mol. The Morgan fingerprint density at radius 2 is 2.41 bits per heavy atom. The zero-order chi connectivity index (χ0) is 12.4. The van der Waals surface area contributed by atoms with Gasteiger partial charge < -0.3 is 14.8 Å². The second-order valence-corrected chi connectivity index (χ2v) is 4.67. The molecular formula is C10H12BNO4S. The maximum absolute atomic E-state index is 11.5. The van der Waals surface area contributed by atoms with Crippen molar-refractivity contribution in [2.75, 3.05) is 6.61 Å². The van der Waals surface area contributed by atoms with Gasteiger partial charge in [-0.05, 0) is 19.8 Å². The molecule has 1 aromatic heterocycles. The van der Waals surface area contributed by atoms with E-state index in [-0.39, 0.29) is 5.01 Å². The first-order valence-corrected chi connectivity index (χ1v) is 6.18. The predicted octanol–water partition coefficient (Wildman–Crippen LogP) is 0.661. The second kappa shape index (κ2) is 4.99. The number of hydrogen-bond donors (Lipinski definition) is 2. The van der Waals surface area contributed by atoms with Gasteiger partial charge in [-0.15, -0.1) is 11.3 Å². The molecule has 0 amide bonds. The highest BCUT2D eigenvalue weighted by Gasteiger charge is 2.27. The van der Waals surface area contributed by atoms with Crippen LogP contribution in [0.3, 0.4) is 0 Å². The van der Waals surface area contributed by atoms with Crippen LogP contribution in [0.2, 0.25) is 0 Å². The number of fused-ring (bicyclic) bond motifs is 1. The van der Waals surface area contributed by atoms with Crippen molar-refractivity contribution in [3.63, 3.8) is 0 Å². The van der Waals surface area contributed by atoms with Gasteiger partial charge in [0.05, 0.1) is 12.3 Å². The summed E-state index contributed by atoms with van der Waals surface area (Å²) in [5.41, 5.74) is 0.886. The van der Waals surface area contributed by atoms with Crippen LogP contribution in [0.4, 0.5) is 0 Å². The summed E-state index contributed by atoms with van der Waals surface area (Å²) >= 11 is 1.26. The van der Waals surface area contributed by atoms with Crippen LogP contribution < -0.4 is 0 Å².